The monoisotopic (exact) mass is 406 g/mol. The fourth-order valence-electron chi connectivity index (χ4n) is 3.97. The largest absolute Gasteiger partial charge is 0.355 e. The highest BCUT2D eigenvalue weighted by Crippen LogP contribution is 2.27. The molecular formula is C19H24ClFN6O. The van der Waals surface area contributed by atoms with Gasteiger partial charge in [-0.25, -0.2) is 9.97 Å². The number of rotatable bonds is 3. The number of aromatic nitrogens is 3. The minimum Gasteiger partial charge on any atom is -0.355 e. The number of likely N-dealkylation sites (N-methyl/N-ethyl adjacent to an activating group) is 1. The highest BCUT2D eigenvalue weighted by molar-refractivity contribution is 6.32. The lowest BCUT2D eigenvalue weighted by Gasteiger charge is -2.42. The zero-order chi connectivity index (χ0) is 19.7. The van der Waals surface area contributed by atoms with Gasteiger partial charge in [0, 0.05) is 63.1 Å². The third-order valence-corrected chi connectivity index (χ3v) is 6.00. The van der Waals surface area contributed by atoms with Gasteiger partial charge >= 0.3 is 0 Å². The minimum absolute atomic E-state index is 0.0799. The van der Waals surface area contributed by atoms with Crippen LogP contribution in [0.25, 0.3) is 11.4 Å². The normalized spacial score (nSPS) is 19.9. The first-order valence-electron chi connectivity index (χ1n) is 9.60. The summed E-state index contributed by atoms with van der Waals surface area (Å²) < 4.78 is 13.5. The van der Waals surface area contributed by atoms with Crippen LogP contribution in [0, 0.1) is 5.95 Å². The Kier molecular flexibility index (Phi) is 5.61. The van der Waals surface area contributed by atoms with Crippen LogP contribution in [0.5, 0.6) is 0 Å². The molecule has 7 nitrogen and oxygen atoms in total. The number of piperidine rings is 1. The van der Waals surface area contributed by atoms with Gasteiger partial charge < -0.3 is 14.8 Å². The molecule has 150 valence electrons. The highest BCUT2D eigenvalue weighted by Gasteiger charge is 2.28. The number of H-pyrrole nitrogens is 1. The maximum Gasteiger partial charge on any atom is 0.272 e. The molecule has 2 aromatic heterocycles. The molecule has 2 aliphatic heterocycles. The number of nitrogens with one attached hydrogen (secondary N) is 1. The number of hydrogen-bond acceptors (Lipinski definition) is 6. The van der Waals surface area contributed by atoms with Crippen LogP contribution in [0.3, 0.4) is 0 Å². The average molecular weight is 407 g/mol. The van der Waals surface area contributed by atoms with E-state index in [-0.39, 0.29) is 5.02 Å². The van der Waals surface area contributed by atoms with Crippen LogP contribution < -0.4 is 10.5 Å². The van der Waals surface area contributed by atoms with E-state index in [0.717, 1.165) is 52.1 Å². The first-order valence-corrected chi connectivity index (χ1v) is 9.98. The topological polar surface area (TPSA) is 68.4 Å². The molecule has 9 heteroatoms. The van der Waals surface area contributed by atoms with Crippen molar-refractivity contribution < 1.29 is 4.39 Å². The van der Waals surface area contributed by atoms with Crippen molar-refractivity contribution in [2.24, 2.45) is 0 Å². The maximum atomic E-state index is 13.5. The van der Waals surface area contributed by atoms with E-state index in [1.54, 1.807) is 6.07 Å². The van der Waals surface area contributed by atoms with E-state index in [2.05, 4.69) is 36.7 Å². The van der Waals surface area contributed by atoms with E-state index in [0.29, 0.717) is 23.2 Å². The number of piperazine rings is 1. The molecule has 0 unspecified atom stereocenters. The van der Waals surface area contributed by atoms with Crippen molar-refractivity contribution in [2.75, 3.05) is 51.2 Å². The summed E-state index contributed by atoms with van der Waals surface area (Å²) in [5.41, 5.74) is 0.0508. The zero-order valence-electron chi connectivity index (χ0n) is 15.9. The summed E-state index contributed by atoms with van der Waals surface area (Å²) in [5.74, 6) is 0.144. The smallest absolute Gasteiger partial charge is 0.272 e. The van der Waals surface area contributed by atoms with Gasteiger partial charge in [0.25, 0.3) is 5.56 Å². The van der Waals surface area contributed by atoms with E-state index in [9.17, 15) is 9.18 Å². The van der Waals surface area contributed by atoms with Gasteiger partial charge in [0.05, 0.1) is 0 Å². The number of pyridine rings is 1. The molecule has 2 aromatic rings. The van der Waals surface area contributed by atoms with Gasteiger partial charge in [-0.3, -0.25) is 9.69 Å². The summed E-state index contributed by atoms with van der Waals surface area (Å²) in [7, 11) is 2.16. The quantitative estimate of drug-likeness (QED) is 0.784. The molecule has 4 rings (SSSR count). The fourth-order valence-corrected chi connectivity index (χ4v) is 4.18. The van der Waals surface area contributed by atoms with Crippen molar-refractivity contribution in [3.63, 3.8) is 0 Å². The number of halogens is 2. The maximum absolute atomic E-state index is 13.5. The number of aromatic amines is 1. The summed E-state index contributed by atoms with van der Waals surface area (Å²) >= 11 is 6.27. The van der Waals surface area contributed by atoms with Crippen molar-refractivity contribution in [3.8, 4) is 11.4 Å². The SMILES string of the molecule is CN1CCN(C2CCN(c3nc(-c4ccnc(F)c4)[nH]c(=O)c3Cl)CC2)CC1. The van der Waals surface area contributed by atoms with Crippen LogP contribution in [-0.4, -0.2) is 77.1 Å². The summed E-state index contributed by atoms with van der Waals surface area (Å²) in [6.45, 7) is 5.99. The molecule has 0 aromatic carbocycles. The Morgan fingerprint density at radius 3 is 2.57 bits per heavy atom. The van der Waals surface area contributed by atoms with Gasteiger partial charge in [-0.05, 0) is 26.0 Å². The van der Waals surface area contributed by atoms with Gasteiger partial charge in [-0.1, -0.05) is 11.6 Å². The molecule has 1 N–H and O–H groups in total. The minimum atomic E-state index is -0.621. The Morgan fingerprint density at radius 1 is 1.18 bits per heavy atom. The van der Waals surface area contributed by atoms with Crippen molar-refractivity contribution in [1.82, 2.24) is 24.8 Å². The van der Waals surface area contributed by atoms with Gasteiger partial charge in [0.1, 0.15) is 10.8 Å². The van der Waals surface area contributed by atoms with E-state index in [1.165, 1.54) is 12.3 Å². The first kappa shape index (κ1) is 19.3. The van der Waals surface area contributed by atoms with Crippen LogP contribution in [0.1, 0.15) is 12.8 Å². The van der Waals surface area contributed by atoms with Crippen LogP contribution in [0.15, 0.2) is 23.1 Å². The lowest BCUT2D eigenvalue weighted by atomic mass is 10.0. The van der Waals surface area contributed by atoms with Crippen molar-refractivity contribution in [2.45, 2.75) is 18.9 Å². The molecule has 4 heterocycles. The fraction of sp³-hybridized carbons (Fsp3) is 0.526. The van der Waals surface area contributed by atoms with Crippen LogP contribution in [0.4, 0.5) is 10.2 Å². The number of hydrogen-bond donors (Lipinski definition) is 1. The van der Waals surface area contributed by atoms with Crippen LogP contribution in [0.2, 0.25) is 5.02 Å². The van der Waals surface area contributed by atoms with Gasteiger partial charge in [-0.15, -0.1) is 0 Å². The second-order valence-corrected chi connectivity index (χ2v) is 7.85. The Morgan fingerprint density at radius 2 is 1.89 bits per heavy atom. The number of nitrogens with zero attached hydrogens (tertiary/aromatic N) is 5. The van der Waals surface area contributed by atoms with Crippen molar-refractivity contribution >= 4 is 17.4 Å². The van der Waals surface area contributed by atoms with Crippen molar-refractivity contribution in [3.05, 3.63) is 39.7 Å². The predicted molar refractivity (Wildman–Crippen MR) is 107 cm³/mol. The highest BCUT2D eigenvalue weighted by atomic mass is 35.5. The molecule has 0 amide bonds. The van der Waals surface area contributed by atoms with E-state index >= 15 is 0 Å². The van der Waals surface area contributed by atoms with Gasteiger partial charge in [0.2, 0.25) is 5.95 Å². The summed E-state index contributed by atoms with van der Waals surface area (Å²) in [6, 6.07) is 3.41. The lowest BCUT2D eigenvalue weighted by molar-refractivity contribution is 0.0981. The standard InChI is InChI=1S/C19H24ClFN6O/c1-25-8-10-26(11-9-25)14-3-6-27(7-4-14)18-16(20)19(28)24-17(23-18)13-2-5-22-15(21)12-13/h2,5,12,14H,3-4,6-11H2,1H3,(H,23,24,28). The molecule has 2 saturated heterocycles. The van der Waals surface area contributed by atoms with E-state index in [4.69, 9.17) is 11.6 Å². The first-order chi connectivity index (χ1) is 13.5. The Bertz CT molecular complexity index is 890. The lowest BCUT2D eigenvalue weighted by Crippen LogP contribution is -2.52. The number of anilines is 1. The molecule has 0 saturated carbocycles. The van der Waals surface area contributed by atoms with E-state index < -0.39 is 11.5 Å². The molecule has 0 bridgehead atoms. The Hall–Kier alpha value is -2.03. The molecule has 2 aliphatic rings. The van der Waals surface area contributed by atoms with Crippen molar-refractivity contribution in [1.29, 1.82) is 0 Å². The Labute approximate surface area is 168 Å². The summed E-state index contributed by atoms with van der Waals surface area (Å²) in [5, 5.41) is 0.0799. The predicted octanol–water partition coefficient (Wildman–Crippen LogP) is 1.84. The summed E-state index contributed by atoms with van der Waals surface area (Å²) in [6.07, 6.45) is 3.36. The molecule has 28 heavy (non-hydrogen) atoms. The molecule has 0 radical (unpaired) electrons. The van der Waals surface area contributed by atoms with Crippen LogP contribution >= 0.6 is 11.6 Å². The summed E-state index contributed by atoms with van der Waals surface area (Å²) in [4.78, 5) is 30.0. The van der Waals surface area contributed by atoms with Gasteiger partial charge in [-0.2, -0.15) is 4.39 Å². The third-order valence-electron chi connectivity index (χ3n) is 5.66. The molecule has 2 fully saturated rings. The van der Waals surface area contributed by atoms with Crippen LogP contribution in [-0.2, 0) is 0 Å². The molecule has 0 spiro atoms. The molecule has 0 aliphatic carbocycles. The van der Waals surface area contributed by atoms with E-state index in [1.807, 2.05) is 0 Å². The Balaban J connectivity index is 1.51. The second kappa shape index (κ2) is 8.14. The molecular weight excluding hydrogens is 383 g/mol. The zero-order valence-corrected chi connectivity index (χ0v) is 16.6. The molecule has 0 atom stereocenters. The van der Waals surface area contributed by atoms with Gasteiger partial charge in [0.15, 0.2) is 5.82 Å². The average Bonchev–Trinajstić information content (AvgIpc) is 2.71. The third kappa shape index (κ3) is 4.04. The second-order valence-electron chi connectivity index (χ2n) is 7.48.